The number of carbonyl (C=O) groups is 2. The number of rotatable bonds is 7. The second-order valence-corrected chi connectivity index (χ2v) is 11.6. The number of alkyl halides is 1. The van der Waals surface area contributed by atoms with Gasteiger partial charge in [0.2, 0.25) is 0 Å². The molecular weight excluding hydrogens is 435 g/mol. The van der Waals surface area contributed by atoms with Crippen LogP contribution >= 0.6 is 0 Å². The minimum Gasteiger partial charge on any atom is -0.390 e. The second kappa shape index (κ2) is 8.82. The van der Waals surface area contributed by atoms with Crippen molar-refractivity contribution in [2.24, 2.45) is 34.3 Å². The van der Waals surface area contributed by atoms with Gasteiger partial charge in [-0.1, -0.05) is 38.3 Å². The van der Waals surface area contributed by atoms with Crippen LogP contribution in [0.15, 0.2) is 23.8 Å². The second-order valence-electron chi connectivity index (χ2n) is 11.6. The lowest BCUT2D eigenvalue weighted by Crippen LogP contribution is -2.70. The number of carbonyl (C=O) groups excluding carboxylic acids is 2. The van der Waals surface area contributed by atoms with E-state index in [1.807, 2.05) is 13.8 Å². The van der Waals surface area contributed by atoms with Gasteiger partial charge in [0, 0.05) is 23.3 Å². The Morgan fingerprint density at radius 3 is 2.65 bits per heavy atom. The Bertz CT molecular complexity index is 905. The number of fused-ring (bicyclic) bond motifs is 5. The molecule has 5 N–H and O–H groups in total. The van der Waals surface area contributed by atoms with E-state index < -0.39 is 40.0 Å². The number of amides is 1. The van der Waals surface area contributed by atoms with Gasteiger partial charge in [0.15, 0.2) is 17.1 Å². The van der Waals surface area contributed by atoms with E-state index in [-0.39, 0.29) is 24.0 Å². The molecule has 6 nitrogen and oxygen atoms in total. The monoisotopic (exact) mass is 476 g/mol. The zero-order valence-corrected chi connectivity index (χ0v) is 20.8. The van der Waals surface area contributed by atoms with Crippen molar-refractivity contribution in [1.82, 2.24) is 5.32 Å². The maximum atomic E-state index is 17.2. The van der Waals surface area contributed by atoms with Crippen molar-refractivity contribution in [2.45, 2.75) is 89.5 Å². The maximum Gasteiger partial charge on any atom is 0.252 e. The molecule has 7 heteroatoms. The van der Waals surface area contributed by atoms with Crippen molar-refractivity contribution in [3.05, 3.63) is 23.8 Å². The molecule has 0 aliphatic heterocycles. The topological polar surface area (TPSA) is 113 Å². The van der Waals surface area contributed by atoms with Gasteiger partial charge in [-0.05, 0) is 76.0 Å². The average Bonchev–Trinajstić information content (AvgIpc) is 2.99. The van der Waals surface area contributed by atoms with Crippen LogP contribution in [0.5, 0.6) is 0 Å². The molecule has 4 rings (SSSR count). The molecule has 8 atom stereocenters. The maximum absolute atomic E-state index is 17.2. The molecule has 4 aliphatic rings. The predicted molar refractivity (Wildman–Crippen MR) is 128 cm³/mol. The highest BCUT2D eigenvalue weighted by atomic mass is 19.1. The van der Waals surface area contributed by atoms with E-state index in [4.69, 9.17) is 5.73 Å². The highest BCUT2D eigenvalue weighted by molar-refractivity contribution is 6.01. The van der Waals surface area contributed by atoms with Gasteiger partial charge in [-0.2, -0.15) is 0 Å². The molecule has 0 saturated heterocycles. The molecular formula is C27H41FN2O4. The number of nitrogens with two attached hydrogens (primary N) is 1. The van der Waals surface area contributed by atoms with E-state index in [9.17, 15) is 19.8 Å². The summed E-state index contributed by atoms with van der Waals surface area (Å²) < 4.78 is 17.2. The van der Waals surface area contributed by atoms with Crippen molar-refractivity contribution < 1.29 is 24.2 Å². The number of hydrogen-bond donors (Lipinski definition) is 4. The summed E-state index contributed by atoms with van der Waals surface area (Å²) in [5, 5.41) is 26.2. The third-order valence-electron chi connectivity index (χ3n) is 9.99. The molecule has 0 aromatic carbocycles. The quantitative estimate of drug-likeness (QED) is 0.422. The van der Waals surface area contributed by atoms with Gasteiger partial charge in [-0.15, -0.1) is 0 Å². The number of unbranched alkanes of at least 4 members (excludes halogenated alkanes) is 3. The number of ketones is 1. The van der Waals surface area contributed by atoms with Crippen LogP contribution in [0.3, 0.4) is 0 Å². The molecule has 0 bridgehead atoms. The first-order chi connectivity index (χ1) is 16.0. The van der Waals surface area contributed by atoms with Gasteiger partial charge in [-0.25, -0.2) is 4.39 Å². The summed E-state index contributed by atoms with van der Waals surface area (Å²) in [6.07, 6.45) is 8.52. The molecule has 0 aromatic heterocycles. The first kappa shape index (κ1) is 25.5. The number of aliphatic hydroxyl groups excluding tert-OH is 1. The SMILES string of the molecule is CC1CC2C3CCC4=CC(=O)C=CC4(C)C3(F)C(O)CC2(C)C1(O)C(=O)NCCCCCCN. The smallest absolute Gasteiger partial charge is 0.252 e. The highest BCUT2D eigenvalue weighted by Gasteiger charge is 2.75. The zero-order chi connectivity index (χ0) is 24.9. The summed E-state index contributed by atoms with van der Waals surface area (Å²) >= 11 is 0. The number of nitrogens with one attached hydrogen (secondary N) is 1. The number of halogens is 1. The largest absolute Gasteiger partial charge is 0.390 e. The molecule has 3 saturated carbocycles. The summed E-state index contributed by atoms with van der Waals surface area (Å²) in [4.78, 5) is 25.4. The first-order valence-electron chi connectivity index (χ1n) is 13.0. The predicted octanol–water partition coefficient (Wildman–Crippen LogP) is 2.97. The molecule has 0 spiro atoms. The number of allylic oxidation sites excluding steroid dienone is 4. The standard InChI is InChI=1S/C27H41FN2O4/c1-17-14-21-20-9-8-18-15-19(31)10-11-24(18,2)26(20,28)22(32)16-25(21,3)27(17,34)23(33)30-13-7-5-4-6-12-29/h10-11,15,17,20-22,32,34H,4-9,12-14,16,29H2,1-3H3,(H,30,33). The third kappa shape index (κ3) is 3.37. The van der Waals surface area contributed by atoms with E-state index in [1.165, 1.54) is 12.2 Å². The number of hydrogen-bond acceptors (Lipinski definition) is 5. The third-order valence-corrected chi connectivity index (χ3v) is 9.99. The molecule has 0 aromatic rings. The van der Waals surface area contributed by atoms with Crippen LogP contribution in [0.2, 0.25) is 0 Å². The van der Waals surface area contributed by atoms with Gasteiger partial charge in [0.05, 0.1) is 6.10 Å². The molecule has 34 heavy (non-hydrogen) atoms. The van der Waals surface area contributed by atoms with E-state index in [2.05, 4.69) is 5.32 Å². The summed E-state index contributed by atoms with van der Waals surface area (Å²) in [5.74, 6) is -1.67. The van der Waals surface area contributed by atoms with Crippen molar-refractivity contribution in [3.8, 4) is 0 Å². The van der Waals surface area contributed by atoms with E-state index in [0.717, 1.165) is 31.3 Å². The summed E-state index contributed by atoms with van der Waals surface area (Å²) in [6, 6.07) is 0. The van der Waals surface area contributed by atoms with Gasteiger partial charge in [0.1, 0.15) is 0 Å². The molecule has 8 unspecified atom stereocenters. The highest BCUT2D eigenvalue weighted by Crippen LogP contribution is 2.70. The average molecular weight is 477 g/mol. The van der Waals surface area contributed by atoms with Crippen LogP contribution in [0.1, 0.15) is 72.1 Å². The summed E-state index contributed by atoms with van der Waals surface area (Å²) in [6.45, 7) is 6.64. The minimum atomic E-state index is -1.96. The molecule has 1 amide bonds. The van der Waals surface area contributed by atoms with Gasteiger partial charge in [-0.3, -0.25) is 9.59 Å². The first-order valence-corrected chi connectivity index (χ1v) is 13.0. The lowest BCUT2D eigenvalue weighted by atomic mass is 9.44. The van der Waals surface area contributed by atoms with Gasteiger partial charge in [0.25, 0.3) is 5.91 Å². The fourth-order valence-electron chi connectivity index (χ4n) is 7.99. The van der Waals surface area contributed by atoms with E-state index >= 15 is 4.39 Å². The fourth-order valence-corrected chi connectivity index (χ4v) is 7.99. The normalized spacial score (nSPS) is 45.3. The van der Waals surface area contributed by atoms with E-state index in [0.29, 0.717) is 32.4 Å². The fraction of sp³-hybridized carbons (Fsp3) is 0.778. The zero-order valence-electron chi connectivity index (χ0n) is 20.8. The van der Waals surface area contributed by atoms with Gasteiger partial charge < -0.3 is 21.3 Å². The summed E-state index contributed by atoms with van der Waals surface area (Å²) in [7, 11) is 0. The Balaban J connectivity index is 1.59. The molecule has 0 heterocycles. The summed E-state index contributed by atoms with van der Waals surface area (Å²) in [5.41, 5.74) is 0.620. The lowest BCUT2D eigenvalue weighted by Gasteiger charge is -2.62. The van der Waals surface area contributed by atoms with Crippen LogP contribution in [-0.2, 0) is 9.59 Å². The van der Waals surface area contributed by atoms with Crippen molar-refractivity contribution >= 4 is 11.7 Å². The van der Waals surface area contributed by atoms with Gasteiger partial charge >= 0.3 is 0 Å². The Hall–Kier alpha value is -1.57. The van der Waals surface area contributed by atoms with Crippen molar-refractivity contribution in [3.63, 3.8) is 0 Å². The van der Waals surface area contributed by atoms with Crippen LogP contribution in [0.4, 0.5) is 4.39 Å². The Labute approximate surface area is 202 Å². The minimum absolute atomic E-state index is 0.0000824. The van der Waals surface area contributed by atoms with Crippen molar-refractivity contribution in [1.29, 1.82) is 0 Å². The molecule has 190 valence electrons. The lowest BCUT2D eigenvalue weighted by molar-refractivity contribution is -0.219. The Kier molecular flexibility index (Phi) is 6.62. The molecule has 4 aliphatic carbocycles. The van der Waals surface area contributed by atoms with Crippen LogP contribution < -0.4 is 11.1 Å². The number of aliphatic hydroxyl groups is 2. The van der Waals surface area contributed by atoms with Crippen LogP contribution in [-0.4, -0.2) is 52.4 Å². The molecule has 3 fully saturated rings. The molecule has 0 radical (unpaired) electrons. The van der Waals surface area contributed by atoms with Crippen LogP contribution in [0, 0.1) is 28.6 Å². The van der Waals surface area contributed by atoms with Crippen molar-refractivity contribution in [2.75, 3.05) is 13.1 Å². The van der Waals surface area contributed by atoms with Crippen LogP contribution in [0.25, 0.3) is 0 Å². The Morgan fingerprint density at radius 1 is 1.24 bits per heavy atom. The Morgan fingerprint density at radius 2 is 1.94 bits per heavy atom. The van der Waals surface area contributed by atoms with E-state index in [1.54, 1.807) is 13.0 Å².